The van der Waals surface area contributed by atoms with Crippen molar-refractivity contribution in [3.8, 4) is 0 Å². The highest BCUT2D eigenvalue weighted by atomic mass is 35.5. The van der Waals surface area contributed by atoms with Crippen molar-refractivity contribution in [2.24, 2.45) is 0 Å². The SMILES string of the molecule is CNc1c(Cl)ncnc1SCC(=O)c1ccccc1. The van der Waals surface area contributed by atoms with Gasteiger partial charge in [0.2, 0.25) is 0 Å². The normalized spacial score (nSPS) is 10.2. The zero-order valence-electron chi connectivity index (χ0n) is 10.3. The van der Waals surface area contributed by atoms with Crippen LogP contribution in [0.15, 0.2) is 41.7 Å². The summed E-state index contributed by atoms with van der Waals surface area (Å²) in [6, 6.07) is 9.17. The molecule has 4 nitrogen and oxygen atoms in total. The van der Waals surface area contributed by atoms with E-state index in [1.807, 2.05) is 18.2 Å². The summed E-state index contributed by atoms with van der Waals surface area (Å²) in [6.07, 6.45) is 1.39. The van der Waals surface area contributed by atoms with E-state index in [9.17, 15) is 4.79 Å². The van der Waals surface area contributed by atoms with E-state index >= 15 is 0 Å². The lowest BCUT2D eigenvalue weighted by atomic mass is 10.2. The van der Waals surface area contributed by atoms with Crippen LogP contribution in [-0.4, -0.2) is 28.6 Å². The van der Waals surface area contributed by atoms with Crippen molar-refractivity contribution in [1.29, 1.82) is 0 Å². The Balaban J connectivity index is 2.07. The zero-order valence-corrected chi connectivity index (χ0v) is 11.8. The molecule has 0 bridgehead atoms. The van der Waals surface area contributed by atoms with Crippen LogP contribution >= 0.6 is 23.4 Å². The number of nitrogens with zero attached hydrogens (tertiary/aromatic N) is 2. The van der Waals surface area contributed by atoms with Gasteiger partial charge in [-0.2, -0.15) is 0 Å². The molecule has 19 heavy (non-hydrogen) atoms. The fourth-order valence-electron chi connectivity index (χ4n) is 1.51. The summed E-state index contributed by atoms with van der Waals surface area (Å²) < 4.78 is 0. The number of nitrogens with one attached hydrogen (secondary N) is 1. The second-order valence-electron chi connectivity index (χ2n) is 3.67. The number of hydrogen-bond acceptors (Lipinski definition) is 5. The van der Waals surface area contributed by atoms with Crippen LogP contribution in [0.1, 0.15) is 10.4 Å². The zero-order chi connectivity index (χ0) is 13.7. The highest BCUT2D eigenvalue weighted by Crippen LogP contribution is 2.29. The number of ketones is 1. The van der Waals surface area contributed by atoms with Crippen LogP contribution in [0.4, 0.5) is 5.69 Å². The summed E-state index contributed by atoms with van der Waals surface area (Å²) in [5.74, 6) is 0.369. The number of benzene rings is 1. The molecule has 1 N–H and O–H groups in total. The van der Waals surface area contributed by atoms with E-state index < -0.39 is 0 Å². The minimum atomic E-state index is 0.0578. The van der Waals surface area contributed by atoms with Crippen LogP contribution < -0.4 is 5.32 Å². The van der Waals surface area contributed by atoms with Gasteiger partial charge in [-0.05, 0) is 0 Å². The van der Waals surface area contributed by atoms with Crippen LogP contribution in [0, 0.1) is 0 Å². The van der Waals surface area contributed by atoms with Crippen molar-refractivity contribution in [1.82, 2.24) is 9.97 Å². The van der Waals surface area contributed by atoms with Gasteiger partial charge in [0.05, 0.1) is 5.75 Å². The maximum atomic E-state index is 12.0. The molecule has 2 rings (SSSR count). The maximum absolute atomic E-state index is 12.0. The Morgan fingerprint density at radius 2 is 2.05 bits per heavy atom. The second-order valence-corrected chi connectivity index (χ2v) is 4.99. The number of rotatable bonds is 5. The van der Waals surface area contributed by atoms with E-state index in [-0.39, 0.29) is 5.78 Å². The fraction of sp³-hybridized carbons (Fsp3) is 0.154. The lowest BCUT2D eigenvalue weighted by Gasteiger charge is -2.07. The summed E-state index contributed by atoms with van der Waals surface area (Å²) in [5, 5.41) is 3.97. The predicted octanol–water partition coefficient (Wildman–Crippen LogP) is 3.15. The van der Waals surface area contributed by atoms with E-state index in [0.717, 1.165) is 0 Å². The smallest absolute Gasteiger partial charge is 0.173 e. The molecule has 0 aliphatic rings. The number of carbonyl (C=O) groups excluding carboxylic acids is 1. The van der Waals surface area contributed by atoms with Crippen LogP contribution in [0.2, 0.25) is 5.15 Å². The molecule has 0 fully saturated rings. The first-order valence-electron chi connectivity index (χ1n) is 5.61. The Morgan fingerprint density at radius 1 is 1.32 bits per heavy atom. The van der Waals surface area contributed by atoms with Gasteiger partial charge < -0.3 is 5.32 Å². The van der Waals surface area contributed by atoms with Gasteiger partial charge in [0.1, 0.15) is 17.0 Å². The number of anilines is 1. The summed E-state index contributed by atoms with van der Waals surface area (Å²) in [7, 11) is 1.74. The Bertz CT molecular complexity index is 577. The molecule has 0 saturated heterocycles. The number of Topliss-reactive ketones (excluding diaryl/α,β-unsaturated/α-hetero) is 1. The van der Waals surface area contributed by atoms with Gasteiger partial charge in [-0.15, -0.1) is 0 Å². The first kappa shape index (κ1) is 13.8. The summed E-state index contributed by atoms with van der Waals surface area (Å²) in [4.78, 5) is 20.0. The average molecular weight is 294 g/mol. The molecule has 6 heteroatoms. The van der Waals surface area contributed by atoms with Gasteiger partial charge in [-0.1, -0.05) is 53.7 Å². The molecule has 0 saturated carbocycles. The maximum Gasteiger partial charge on any atom is 0.173 e. The quantitative estimate of drug-likeness (QED) is 0.521. The van der Waals surface area contributed by atoms with Crippen molar-refractivity contribution in [3.63, 3.8) is 0 Å². The van der Waals surface area contributed by atoms with Crippen LogP contribution in [0.25, 0.3) is 0 Å². The number of carbonyl (C=O) groups is 1. The van der Waals surface area contributed by atoms with E-state index in [4.69, 9.17) is 11.6 Å². The van der Waals surface area contributed by atoms with Gasteiger partial charge in [0, 0.05) is 12.6 Å². The predicted molar refractivity (Wildman–Crippen MR) is 78.1 cm³/mol. The van der Waals surface area contributed by atoms with E-state index in [2.05, 4.69) is 15.3 Å². The van der Waals surface area contributed by atoms with E-state index in [0.29, 0.717) is 27.2 Å². The second kappa shape index (κ2) is 6.54. The number of aromatic nitrogens is 2. The molecule has 98 valence electrons. The van der Waals surface area contributed by atoms with Crippen molar-refractivity contribution < 1.29 is 4.79 Å². The third-order valence-corrected chi connectivity index (χ3v) is 3.73. The molecular weight excluding hydrogens is 282 g/mol. The Hall–Kier alpha value is -1.59. The Kier molecular flexibility index (Phi) is 4.76. The molecule has 0 unspecified atom stereocenters. The van der Waals surface area contributed by atoms with E-state index in [1.165, 1.54) is 18.1 Å². The molecule has 1 aromatic carbocycles. The van der Waals surface area contributed by atoms with Gasteiger partial charge in [0.25, 0.3) is 0 Å². The summed E-state index contributed by atoms with van der Waals surface area (Å²) in [5.41, 5.74) is 1.34. The van der Waals surface area contributed by atoms with Crippen molar-refractivity contribution in [2.45, 2.75) is 5.03 Å². The fourth-order valence-corrected chi connectivity index (χ4v) is 2.69. The van der Waals surface area contributed by atoms with Crippen LogP contribution in [0.3, 0.4) is 0 Å². The summed E-state index contributed by atoms with van der Waals surface area (Å²) >= 11 is 7.29. The van der Waals surface area contributed by atoms with Gasteiger partial charge in [-0.3, -0.25) is 4.79 Å². The molecule has 0 amide bonds. The third-order valence-electron chi connectivity index (χ3n) is 2.45. The molecule has 2 aromatic rings. The van der Waals surface area contributed by atoms with Gasteiger partial charge in [0.15, 0.2) is 10.9 Å². The monoisotopic (exact) mass is 293 g/mol. The van der Waals surface area contributed by atoms with Crippen molar-refractivity contribution in [2.75, 3.05) is 18.1 Å². The standard InChI is InChI=1S/C13H12ClN3OS/c1-15-11-12(14)16-8-17-13(11)19-7-10(18)9-5-3-2-4-6-9/h2-6,8,15H,7H2,1H3. The molecular formula is C13H12ClN3OS. The molecule has 0 aliphatic carbocycles. The lowest BCUT2D eigenvalue weighted by Crippen LogP contribution is -2.03. The van der Waals surface area contributed by atoms with Crippen LogP contribution in [-0.2, 0) is 0 Å². The minimum Gasteiger partial charge on any atom is -0.383 e. The number of halogens is 1. The van der Waals surface area contributed by atoms with Gasteiger partial charge >= 0.3 is 0 Å². The first-order chi connectivity index (χ1) is 9.22. The Labute approximate surface area is 120 Å². The van der Waals surface area contributed by atoms with Crippen molar-refractivity contribution in [3.05, 3.63) is 47.4 Å². The van der Waals surface area contributed by atoms with E-state index in [1.54, 1.807) is 19.2 Å². The van der Waals surface area contributed by atoms with Crippen molar-refractivity contribution >= 4 is 34.8 Å². The largest absolute Gasteiger partial charge is 0.383 e. The number of hydrogen-bond donors (Lipinski definition) is 1. The lowest BCUT2D eigenvalue weighted by molar-refractivity contribution is 0.102. The van der Waals surface area contributed by atoms with Crippen LogP contribution in [0.5, 0.6) is 0 Å². The third kappa shape index (κ3) is 3.45. The molecule has 0 aliphatic heterocycles. The molecule has 0 atom stereocenters. The molecule has 1 aromatic heterocycles. The Morgan fingerprint density at radius 3 is 2.74 bits per heavy atom. The highest BCUT2D eigenvalue weighted by Gasteiger charge is 2.12. The first-order valence-corrected chi connectivity index (χ1v) is 6.98. The molecule has 0 spiro atoms. The molecule has 1 heterocycles. The summed E-state index contributed by atoms with van der Waals surface area (Å²) in [6.45, 7) is 0. The average Bonchev–Trinajstić information content (AvgIpc) is 2.45. The highest BCUT2D eigenvalue weighted by molar-refractivity contribution is 8.00. The molecule has 0 radical (unpaired) electrons. The van der Waals surface area contributed by atoms with Gasteiger partial charge in [-0.25, -0.2) is 9.97 Å². The number of thioether (sulfide) groups is 1. The topological polar surface area (TPSA) is 54.9 Å². The minimum absolute atomic E-state index is 0.0578.